The van der Waals surface area contributed by atoms with Gasteiger partial charge in [-0.15, -0.1) is 0 Å². The van der Waals surface area contributed by atoms with Crippen LogP contribution in [-0.4, -0.2) is 21.2 Å². The average Bonchev–Trinajstić information content (AvgIpc) is 2.89. The van der Waals surface area contributed by atoms with E-state index in [9.17, 15) is 5.11 Å². The quantitative estimate of drug-likeness (QED) is 0.888. The summed E-state index contributed by atoms with van der Waals surface area (Å²) in [6.07, 6.45) is 6.81. The van der Waals surface area contributed by atoms with Gasteiger partial charge in [0.05, 0.1) is 5.69 Å². The van der Waals surface area contributed by atoms with Crippen LogP contribution in [0.1, 0.15) is 42.9 Å². The molecule has 0 unspecified atom stereocenters. The van der Waals surface area contributed by atoms with Gasteiger partial charge in [0.15, 0.2) is 0 Å². The highest BCUT2D eigenvalue weighted by Crippen LogP contribution is 2.18. The van der Waals surface area contributed by atoms with Gasteiger partial charge in [-0.1, -0.05) is 12.1 Å². The Kier molecular flexibility index (Phi) is 4.25. The normalized spacial score (nSPS) is 15.7. The smallest absolute Gasteiger partial charge is 0.115 e. The highest BCUT2D eigenvalue weighted by Gasteiger charge is 2.12. The molecule has 1 aliphatic rings. The maximum Gasteiger partial charge on any atom is 0.115 e. The molecule has 0 aliphatic carbocycles. The van der Waals surface area contributed by atoms with Crippen LogP contribution in [0.15, 0.2) is 30.5 Å². The second kappa shape index (κ2) is 6.31. The van der Waals surface area contributed by atoms with Crippen molar-refractivity contribution in [2.75, 3.05) is 6.54 Å². The summed E-state index contributed by atoms with van der Waals surface area (Å²) in [5.74, 6) is 1.57. The highest BCUT2D eigenvalue weighted by molar-refractivity contribution is 5.29. The van der Waals surface area contributed by atoms with Crippen molar-refractivity contribution in [2.45, 2.75) is 45.2 Å². The molecular formula is C17H23N3O. The zero-order valence-electron chi connectivity index (χ0n) is 12.5. The third-order valence-corrected chi connectivity index (χ3v) is 4.16. The van der Waals surface area contributed by atoms with Gasteiger partial charge in [0.1, 0.15) is 11.6 Å². The molecule has 112 valence electrons. The van der Waals surface area contributed by atoms with Crippen LogP contribution in [0.3, 0.4) is 0 Å². The Labute approximate surface area is 125 Å². The molecule has 0 fully saturated rings. The Morgan fingerprint density at radius 1 is 1.38 bits per heavy atom. The minimum absolute atomic E-state index is 0.231. The van der Waals surface area contributed by atoms with E-state index >= 15 is 0 Å². The summed E-state index contributed by atoms with van der Waals surface area (Å²) in [5.41, 5.74) is 2.29. The van der Waals surface area contributed by atoms with E-state index in [0.717, 1.165) is 31.5 Å². The van der Waals surface area contributed by atoms with Crippen LogP contribution in [0.5, 0.6) is 5.75 Å². The zero-order valence-corrected chi connectivity index (χ0v) is 12.5. The second-order valence-corrected chi connectivity index (χ2v) is 5.82. The fraction of sp³-hybridized carbons (Fsp3) is 0.471. The summed E-state index contributed by atoms with van der Waals surface area (Å²) in [5, 5.41) is 13.0. The van der Waals surface area contributed by atoms with E-state index in [1.807, 2.05) is 18.2 Å². The molecule has 2 N–H and O–H groups in total. The zero-order chi connectivity index (χ0) is 14.7. The van der Waals surface area contributed by atoms with Gasteiger partial charge in [-0.05, 0) is 37.5 Å². The Bertz CT molecular complexity index is 582. The summed E-state index contributed by atoms with van der Waals surface area (Å²) in [6, 6.07) is 7.66. The fourth-order valence-corrected chi connectivity index (χ4v) is 2.92. The van der Waals surface area contributed by atoms with Gasteiger partial charge in [-0.2, -0.15) is 0 Å². The summed E-state index contributed by atoms with van der Waals surface area (Å²) in [6.45, 7) is 4.13. The predicted octanol–water partition coefficient (Wildman–Crippen LogP) is 2.82. The standard InChI is InChI=1S/C17H23N3O/c1-13(14-5-4-6-16(21)11-14)18-9-8-15-12-20-10-3-2-7-17(20)19-15/h4-6,11-13,18,21H,2-3,7-10H2,1H3/t13-/m1/s1. The molecule has 4 nitrogen and oxygen atoms in total. The summed E-state index contributed by atoms with van der Waals surface area (Å²) in [4.78, 5) is 4.72. The number of nitrogens with one attached hydrogen (secondary N) is 1. The number of aryl methyl sites for hydroxylation is 2. The van der Waals surface area contributed by atoms with Crippen molar-refractivity contribution in [3.05, 3.63) is 47.5 Å². The van der Waals surface area contributed by atoms with Gasteiger partial charge >= 0.3 is 0 Å². The van der Waals surface area contributed by atoms with Crippen molar-refractivity contribution in [1.82, 2.24) is 14.9 Å². The van der Waals surface area contributed by atoms with Gasteiger partial charge in [0, 0.05) is 38.2 Å². The third-order valence-electron chi connectivity index (χ3n) is 4.16. The van der Waals surface area contributed by atoms with E-state index < -0.39 is 0 Å². The van der Waals surface area contributed by atoms with E-state index in [1.165, 1.54) is 24.4 Å². The minimum Gasteiger partial charge on any atom is -0.508 e. The van der Waals surface area contributed by atoms with Gasteiger partial charge in [0.25, 0.3) is 0 Å². The molecule has 3 rings (SSSR count). The molecule has 2 heterocycles. The lowest BCUT2D eigenvalue weighted by Gasteiger charge is -2.13. The highest BCUT2D eigenvalue weighted by atomic mass is 16.3. The molecule has 0 bridgehead atoms. The van der Waals surface area contributed by atoms with Crippen molar-refractivity contribution in [1.29, 1.82) is 0 Å². The summed E-state index contributed by atoms with van der Waals surface area (Å²) < 4.78 is 2.30. The molecule has 0 radical (unpaired) electrons. The molecule has 0 amide bonds. The van der Waals surface area contributed by atoms with Gasteiger partial charge in [-0.25, -0.2) is 4.98 Å². The van der Waals surface area contributed by atoms with Crippen LogP contribution in [0.4, 0.5) is 0 Å². The molecule has 21 heavy (non-hydrogen) atoms. The molecule has 0 saturated heterocycles. The van der Waals surface area contributed by atoms with Crippen molar-refractivity contribution >= 4 is 0 Å². The first kappa shape index (κ1) is 14.1. The molecule has 1 aromatic heterocycles. The Morgan fingerprint density at radius 2 is 2.29 bits per heavy atom. The van der Waals surface area contributed by atoms with Crippen LogP contribution in [0, 0.1) is 0 Å². The average molecular weight is 285 g/mol. The summed E-state index contributed by atoms with van der Waals surface area (Å²) >= 11 is 0. The number of nitrogens with zero attached hydrogens (tertiary/aromatic N) is 2. The number of aromatic nitrogens is 2. The predicted molar refractivity (Wildman–Crippen MR) is 83.4 cm³/mol. The van der Waals surface area contributed by atoms with E-state index in [-0.39, 0.29) is 6.04 Å². The van der Waals surface area contributed by atoms with Gasteiger partial charge < -0.3 is 15.0 Å². The molecule has 0 saturated carbocycles. The Balaban J connectivity index is 1.52. The minimum atomic E-state index is 0.231. The Morgan fingerprint density at radius 3 is 3.10 bits per heavy atom. The van der Waals surface area contributed by atoms with Gasteiger partial charge in [-0.3, -0.25) is 0 Å². The maximum atomic E-state index is 9.52. The second-order valence-electron chi connectivity index (χ2n) is 5.82. The number of imidazole rings is 1. The van der Waals surface area contributed by atoms with Crippen molar-refractivity contribution in [3.63, 3.8) is 0 Å². The molecule has 1 atom stereocenters. The Hall–Kier alpha value is -1.81. The molecule has 2 aromatic rings. The first-order valence-corrected chi connectivity index (χ1v) is 7.79. The first-order chi connectivity index (χ1) is 10.2. The third kappa shape index (κ3) is 3.45. The van der Waals surface area contributed by atoms with E-state index in [1.54, 1.807) is 6.07 Å². The number of fused-ring (bicyclic) bond motifs is 1. The van der Waals surface area contributed by atoms with E-state index in [0.29, 0.717) is 5.75 Å². The largest absolute Gasteiger partial charge is 0.508 e. The van der Waals surface area contributed by atoms with Crippen LogP contribution < -0.4 is 5.32 Å². The number of hydrogen-bond donors (Lipinski definition) is 2. The van der Waals surface area contributed by atoms with Crippen molar-refractivity contribution in [3.8, 4) is 5.75 Å². The number of phenolic OH excluding ortho intramolecular Hbond substituents is 1. The molecule has 1 aliphatic heterocycles. The molecule has 4 heteroatoms. The van der Waals surface area contributed by atoms with Crippen LogP contribution in [0.2, 0.25) is 0 Å². The topological polar surface area (TPSA) is 50.1 Å². The lowest BCUT2D eigenvalue weighted by Crippen LogP contribution is -2.21. The SMILES string of the molecule is C[C@@H](NCCc1cn2c(n1)CCCC2)c1cccc(O)c1. The van der Waals surface area contributed by atoms with E-state index in [4.69, 9.17) is 4.98 Å². The fourth-order valence-electron chi connectivity index (χ4n) is 2.92. The number of phenols is 1. The summed E-state index contributed by atoms with van der Waals surface area (Å²) in [7, 11) is 0. The number of rotatable bonds is 5. The number of benzene rings is 1. The van der Waals surface area contributed by atoms with Crippen molar-refractivity contribution < 1.29 is 5.11 Å². The monoisotopic (exact) mass is 285 g/mol. The first-order valence-electron chi connectivity index (χ1n) is 7.79. The number of aromatic hydroxyl groups is 1. The molecule has 1 aromatic carbocycles. The molecular weight excluding hydrogens is 262 g/mol. The lowest BCUT2D eigenvalue weighted by atomic mass is 10.1. The van der Waals surface area contributed by atoms with Crippen LogP contribution in [0.25, 0.3) is 0 Å². The maximum absolute atomic E-state index is 9.52. The van der Waals surface area contributed by atoms with Gasteiger partial charge in [0.2, 0.25) is 0 Å². The molecule has 0 spiro atoms. The van der Waals surface area contributed by atoms with Crippen LogP contribution >= 0.6 is 0 Å². The lowest BCUT2D eigenvalue weighted by molar-refractivity contribution is 0.472. The van der Waals surface area contributed by atoms with E-state index in [2.05, 4.69) is 23.0 Å². The van der Waals surface area contributed by atoms with Crippen molar-refractivity contribution in [2.24, 2.45) is 0 Å². The number of hydrogen-bond acceptors (Lipinski definition) is 3. The van der Waals surface area contributed by atoms with Crippen LogP contribution in [-0.2, 0) is 19.4 Å².